The van der Waals surface area contributed by atoms with E-state index in [2.05, 4.69) is 32.6 Å². The molecule has 0 spiro atoms. The highest BCUT2D eigenvalue weighted by Crippen LogP contribution is 2.27. The fraction of sp³-hybridized carbons (Fsp3) is 0.500. The minimum Gasteiger partial charge on any atom is -0.357 e. The van der Waals surface area contributed by atoms with Crippen molar-refractivity contribution >= 4 is 27.4 Å². The number of anilines is 1. The molecule has 0 bridgehead atoms. The number of hydrogen-bond acceptors (Lipinski definition) is 5. The van der Waals surface area contributed by atoms with Gasteiger partial charge >= 0.3 is 0 Å². The number of rotatable bonds is 3. The Balaban J connectivity index is 1.84. The number of likely N-dealkylation sites (N-methyl/N-ethyl adjacent to an activating group) is 1. The second kappa shape index (κ2) is 4.58. The molecule has 0 saturated carbocycles. The van der Waals surface area contributed by atoms with Gasteiger partial charge in [-0.25, -0.2) is 9.97 Å². The zero-order valence-corrected chi connectivity index (χ0v) is 10.7. The average Bonchev–Trinajstić information content (AvgIpc) is 2.97. The number of thiophene rings is 1. The number of nitrogens with one attached hydrogen (secondary N) is 1. The van der Waals surface area contributed by atoms with E-state index >= 15 is 0 Å². The average molecular weight is 248 g/mol. The van der Waals surface area contributed by atoms with Gasteiger partial charge in [-0.05, 0) is 30.8 Å². The number of nitrogens with zero attached hydrogens (tertiary/aromatic N) is 3. The Morgan fingerprint density at radius 2 is 2.47 bits per heavy atom. The maximum atomic E-state index is 4.42. The Hall–Kier alpha value is -1.20. The molecule has 5 heteroatoms. The van der Waals surface area contributed by atoms with Crippen molar-refractivity contribution in [3.8, 4) is 0 Å². The van der Waals surface area contributed by atoms with Crippen LogP contribution in [-0.2, 0) is 0 Å². The first kappa shape index (κ1) is 10.9. The van der Waals surface area contributed by atoms with Gasteiger partial charge < -0.3 is 10.2 Å². The van der Waals surface area contributed by atoms with Gasteiger partial charge in [0.25, 0.3) is 0 Å². The van der Waals surface area contributed by atoms with E-state index in [4.69, 9.17) is 0 Å². The molecular weight excluding hydrogens is 232 g/mol. The molecule has 1 atom stereocenters. The summed E-state index contributed by atoms with van der Waals surface area (Å²) in [4.78, 5) is 10.9. The molecule has 1 unspecified atom stereocenters. The van der Waals surface area contributed by atoms with Gasteiger partial charge in [0.1, 0.15) is 12.1 Å². The van der Waals surface area contributed by atoms with Gasteiger partial charge in [0.15, 0.2) is 0 Å². The minimum atomic E-state index is 0.602. The summed E-state index contributed by atoms with van der Waals surface area (Å²) in [5, 5.41) is 5.59. The van der Waals surface area contributed by atoms with Crippen molar-refractivity contribution in [2.45, 2.75) is 18.9 Å². The van der Waals surface area contributed by atoms with Crippen molar-refractivity contribution in [1.29, 1.82) is 0 Å². The zero-order valence-electron chi connectivity index (χ0n) is 9.89. The first-order valence-corrected chi connectivity index (χ1v) is 6.85. The quantitative estimate of drug-likeness (QED) is 0.900. The molecule has 0 radical (unpaired) electrons. The summed E-state index contributed by atoms with van der Waals surface area (Å²) in [5.74, 6) is 1.05. The molecule has 1 fully saturated rings. The van der Waals surface area contributed by atoms with E-state index in [-0.39, 0.29) is 0 Å². The summed E-state index contributed by atoms with van der Waals surface area (Å²) in [6.07, 6.45) is 4.21. The van der Waals surface area contributed by atoms with Crippen LogP contribution in [0.3, 0.4) is 0 Å². The topological polar surface area (TPSA) is 41.0 Å². The number of fused-ring (bicyclic) bond motifs is 1. The molecule has 2 aromatic heterocycles. The minimum absolute atomic E-state index is 0.602. The third-order valence-electron chi connectivity index (χ3n) is 3.24. The summed E-state index contributed by atoms with van der Waals surface area (Å²) in [6, 6.07) is 2.65. The molecule has 1 N–H and O–H groups in total. The van der Waals surface area contributed by atoms with Crippen LogP contribution in [0.2, 0.25) is 0 Å². The van der Waals surface area contributed by atoms with Gasteiger partial charge in [0, 0.05) is 19.6 Å². The van der Waals surface area contributed by atoms with E-state index in [0.717, 1.165) is 24.4 Å². The van der Waals surface area contributed by atoms with E-state index < -0.39 is 0 Å². The Morgan fingerprint density at radius 3 is 3.29 bits per heavy atom. The molecule has 90 valence electrons. The normalized spacial score (nSPS) is 19.9. The molecule has 0 aliphatic carbocycles. The molecule has 3 rings (SSSR count). The smallest absolute Gasteiger partial charge is 0.149 e. The Labute approximate surface area is 105 Å². The van der Waals surface area contributed by atoms with Crippen LogP contribution in [0.15, 0.2) is 17.8 Å². The number of hydrogen-bond donors (Lipinski definition) is 1. The van der Waals surface area contributed by atoms with Crippen LogP contribution in [0.4, 0.5) is 5.82 Å². The standard InChI is InChI=1S/C12H16N4S/c1-16(7-9-3-2-5-13-9)12-11-10(4-6-17-11)14-8-15-12/h4,6,8-9,13H,2-3,5,7H2,1H3. The van der Waals surface area contributed by atoms with Crippen LogP contribution >= 0.6 is 11.3 Å². The van der Waals surface area contributed by atoms with E-state index in [9.17, 15) is 0 Å². The van der Waals surface area contributed by atoms with Crippen molar-refractivity contribution in [1.82, 2.24) is 15.3 Å². The molecule has 4 nitrogen and oxygen atoms in total. The molecule has 1 aliphatic heterocycles. The van der Waals surface area contributed by atoms with Crippen molar-refractivity contribution in [3.63, 3.8) is 0 Å². The summed E-state index contributed by atoms with van der Waals surface area (Å²) < 4.78 is 1.19. The Kier molecular flexibility index (Phi) is 2.94. The maximum Gasteiger partial charge on any atom is 0.149 e. The monoisotopic (exact) mass is 248 g/mol. The molecule has 1 saturated heterocycles. The molecule has 0 aromatic carbocycles. The van der Waals surface area contributed by atoms with Gasteiger partial charge in [-0.1, -0.05) is 0 Å². The van der Waals surface area contributed by atoms with Gasteiger partial charge in [0.05, 0.1) is 10.2 Å². The fourth-order valence-electron chi connectivity index (χ4n) is 2.38. The lowest BCUT2D eigenvalue weighted by atomic mass is 10.2. The van der Waals surface area contributed by atoms with Gasteiger partial charge in [-0.15, -0.1) is 11.3 Å². The summed E-state index contributed by atoms with van der Waals surface area (Å²) in [7, 11) is 2.11. The summed E-state index contributed by atoms with van der Waals surface area (Å²) >= 11 is 1.71. The highest BCUT2D eigenvalue weighted by atomic mass is 32.1. The fourth-order valence-corrected chi connectivity index (χ4v) is 3.27. The van der Waals surface area contributed by atoms with Crippen LogP contribution in [-0.4, -0.2) is 36.1 Å². The van der Waals surface area contributed by atoms with Crippen LogP contribution in [0.1, 0.15) is 12.8 Å². The van der Waals surface area contributed by atoms with Gasteiger partial charge in [-0.3, -0.25) is 0 Å². The highest BCUT2D eigenvalue weighted by Gasteiger charge is 2.18. The largest absolute Gasteiger partial charge is 0.357 e. The van der Waals surface area contributed by atoms with E-state index in [1.807, 2.05) is 6.07 Å². The van der Waals surface area contributed by atoms with Crippen molar-refractivity contribution in [3.05, 3.63) is 17.8 Å². The second-order valence-corrected chi connectivity index (χ2v) is 5.42. The highest BCUT2D eigenvalue weighted by molar-refractivity contribution is 7.17. The van der Waals surface area contributed by atoms with Crippen molar-refractivity contribution in [2.24, 2.45) is 0 Å². The molecular formula is C12H16N4S. The Bertz CT molecular complexity index is 504. The molecule has 0 amide bonds. The van der Waals surface area contributed by atoms with E-state index in [1.54, 1.807) is 17.7 Å². The first-order valence-electron chi connectivity index (χ1n) is 5.97. The van der Waals surface area contributed by atoms with E-state index in [1.165, 1.54) is 17.5 Å². The van der Waals surface area contributed by atoms with Crippen molar-refractivity contribution in [2.75, 3.05) is 25.0 Å². The molecule has 3 heterocycles. The lowest BCUT2D eigenvalue weighted by molar-refractivity contribution is 0.598. The van der Waals surface area contributed by atoms with Crippen molar-refractivity contribution < 1.29 is 0 Å². The molecule has 1 aliphatic rings. The van der Waals surface area contributed by atoms with Crippen LogP contribution in [0.25, 0.3) is 10.2 Å². The third-order valence-corrected chi connectivity index (χ3v) is 4.14. The maximum absolute atomic E-state index is 4.42. The summed E-state index contributed by atoms with van der Waals surface area (Å²) in [5.41, 5.74) is 1.05. The van der Waals surface area contributed by atoms with Crippen LogP contribution in [0, 0.1) is 0 Å². The second-order valence-electron chi connectivity index (χ2n) is 4.51. The number of aromatic nitrogens is 2. The van der Waals surface area contributed by atoms with Crippen LogP contribution < -0.4 is 10.2 Å². The SMILES string of the molecule is CN(CC1CCCN1)c1ncnc2ccsc12. The predicted molar refractivity (Wildman–Crippen MR) is 71.7 cm³/mol. The van der Waals surface area contributed by atoms with Gasteiger partial charge in [0.2, 0.25) is 0 Å². The molecule has 2 aromatic rings. The summed E-state index contributed by atoms with van der Waals surface area (Å²) in [6.45, 7) is 2.17. The van der Waals surface area contributed by atoms with E-state index in [0.29, 0.717) is 6.04 Å². The predicted octanol–water partition coefficient (Wildman–Crippen LogP) is 1.88. The zero-order chi connectivity index (χ0) is 11.7. The third kappa shape index (κ3) is 2.12. The first-order chi connectivity index (χ1) is 8.34. The van der Waals surface area contributed by atoms with Gasteiger partial charge in [-0.2, -0.15) is 0 Å². The lowest BCUT2D eigenvalue weighted by Crippen LogP contribution is -2.35. The molecule has 17 heavy (non-hydrogen) atoms. The lowest BCUT2D eigenvalue weighted by Gasteiger charge is -2.22. The Morgan fingerprint density at radius 1 is 1.53 bits per heavy atom. The van der Waals surface area contributed by atoms with Crippen LogP contribution in [0.5, 0.6) is 0 Å².